The number of hydrogen-bond acceptors (Lipinski definition) is 20. The van der Waals surface area contributed by atoms with Crippen molar-refractivity contribution in [3.05, 3.63) is 358 Å². The number of nitrogens with two attached hydrogens (primary N) is 1. The number of imidazole rings is 4. The average molecular weight is 1930 g/mol. The number of fused-ring (bicyclic) bond motifs is 8. The number of H-pyrrole nitrogens is 8. The molecule has 34 heteroatoms. The van der Waals surface area contributed by atoms with Crippen molar-refractivity contribution in [3.63, 3.8) is 0 Å². The monoisotopic (exact) mass is 1930 g/mol. The maximum Gasteiger partial charge on any atom is 0.229 e. The van der Waals surface area contributed by atoms with E-state index < -0.39 is 5.41 Å². The molecule has 16 aromatic heterocycles. The average Bonchev–Trinajstić information content (AvgIpc) is 1.63. The first kappa shape index (κ1) is 91.4. The van der Waals surface area contributed by atoms with Crippen LogP contribution in [0.4, 0.5) is 34.6 Å². The molecule has 30 nitrogen and oxygen atoms in total. The Bertz CT molecular complexity index is 9270. The second-order valence-electron chi connectivity index (χ2n) is 35.8. The van der Waals surface area contributed by atoms with E-state index in [2.05, 4.69) is 142 Å². The van der Waals surface area contributed by atoms with Gasteiger partial charge in [-0.15, -0.1) is 0 Å². The van der Waals surface area contributed by atoms with Gasteiger partial charge in [-0.25, -0.2) is 37.5 Å². The second-order valence-corrected chi connectivity index (χ2v) is 35.8. The molecule has 2 amide bonds. The molecule has 0 aliphatic rings. The quantitative estimate of drug-likeness (QED) is 0.0335. The number of hydrogen-bond donors (Lipinski definition) is 12. The molecule has 0 atom stereocenters. The summed E-state index contributed by atoms with van der Waals surface area (Å²) in [6.45, 7) is 9.36. The van der Waals surface area contributed by atoms with Gasteiger partial charge >= 0.3 is 0 Å². The number of carbonyl (C=O) groups excluding carboxylic acids is 2. The minimum Gasteiger partial charge on any atom is -0.397 e. The van der Waals surface area contributed by atoms with Crippen molar-refractivity contribution in [2.45, 2.75) is 40.7 Å². The first-order valence-electron chi connectivity index (χ1n) is 46.5. The van der Waals surface area contributed by atoms with Crippen LogP contribution in [0.1, 0.15) is 38.8 Å². The third-order valence-corrected chi connectivity index (χ3v) is 24.6. The Hall–Kier alpha value is -19.6. The fourth-order valence-corrected chi connectivity index (χ4v) is 17.4. The predicted octanol–water partition coefficient (Wildman–Crippen LogP) is 23.3. The van der Waals surface area contributed by atoms with Crippen LogP contribution in [0.15, 0.2) is 324 Å². The van der Waals surface area contributed by atoms with E-state index in [1.807, 2.05) is 167 Å². The van der Waals surface area contributed by atoms with E-state index in [1.54, 1.807) is 111 Å². The lowest BCUT2D eigenvalue weighted by molar-refractivity contribution is -0.123. The zero-order chi connectivity index (χ0) is 99.6. The van der Waals surface area contributed by atoms with Gasteiger partial charge in [0, 0.05) is 140 Å². The first-order chi connectivity index (χ1) is 71.2. The molecule has 0 saturated heterocycles. The van der Waals surface area contributed by atoms with E-state index in [1.165, 1.54) is 48.5 Å². The molecule has 0 radical (unpaired) electrons. The summed E-state index contributed by atoms with van der Waals surface area (Å²) in [5.74, 6) is 0.899. The van der Waals surface area contributed by atoms with Crippen LogP contribution in [-0.4, -0.2) is 139 Å². The molecule has 0 fully saturated rings. The number of aromatic amines is 8. The highest BCUT2D eigenvalue weighted by atomic mass is 19.1. The summed E-state index contributed by atoms with van der Waals surface area (Å²) in [4.78, 5) is 92.1. The number of amides is 2. The smallest absolute Gasteiger partial charge is 0.229 e. The maximum atomic E-state index is 13.9. The Kier molecular flexibility index (Phi) is 24.6. The first-order valence-corrected chi connectivity index (χ1v) is 46.5. The third kappa shape index (κ3) is 19.2. The number of aromatic nitrogens is 24. The van der Waals surface area contributed by atoms with Gasteiger partial charge < -0.3 is 41.6 Å². The number of anilines is 3. The molecule has 0 aliphatic heterocycles. The molecule has 712 valence electrons. The number of nitrogens with one attached hydrogen (secondary N) is 11. The molecule has 0 aliphatic carbocycles. The normalized spacial score (nSPS) is 11.5. The Labute approximate surface area is 827 Å². The highest BCUT2D eigenvalue weighted by molar-refractivity contribution is 6.05. The van der Waals surface area contributed by atoms with Crippen LogP contribution >= 0.6 is 0 Å². The number of halogens is 4. The summed E-state index contributed by atoms with van der Waals surface area (Å²) in [6, 6.07) is 67.0. The fraction of sp³-hybridized carbons (Fsp3) is 0.0714. The topological polar surface area (TPSA) is 429 Å². The van der Waals surface area contributed by atoms with Crippen molar-refractivity contribution in [2.75, 3.05) is 22.9 Å². The van der Waals surface area contributed by atoms with Crippen LogP contribution in [0.5, 0.6) is 0 Å². The van der Waals surface area contributed by atoms with Crippen LogP contribution in [0.3, 0.4) is 0 Å². The summed E-state index contributed by atoms with van der Waals surface area (Å²) in [5.41, 5.74) is 34.4. The summed E-state index contributed by atoms with van der Waals surface area (Å²) < 4.78 is 55.4. The van der Waals surface area contributed by atoms with Crippen molar-refractivity contribution in [1.29, 1.82) is 0 Å². The molecule has 9 aromatic carbocycles. The van der Waals surface area contributed by atoms with E-state index in [-0.39, 0.29) is 41.5 Å². The molecule has 0 saturated carbocycles. The molecule has 0 spiro atoms. The molecule has 16 heterocycles. The van der Waals surface area contributed by atoms with Gasteiger partial charge in [0.25, 0.3) is 0 Å². The highest BCUT2D eigenvalue weighted by Gasteiger charge is 2.26. The Balaban J connectivity index is 0.000000111. The van der Waals surface area contributed by atoms with Gasteiger partial charge in [-0.2, -0.15) is 20.4 Å². The van der Waals surface area contributed by atoms with Gasteiger partial charge in [-0.05, 0) is 184 Å². The molecule has 13 N–H and O–H groups in total. The van der Waals surface area contributed by atoms with Crippen molar-refractivity contribution in [1.82, 2.24) is 126 Å². The van der Waals surface area contributed by atoms with Gasteiger partial charge in [-0.3, -0.25) is 69.9 Å². The molecule has 0 unspecified atom stereocenters. The molecule has 146 heavy (non-hydrogen) atoms. The van der Waals surface area contributed by atoms with Gasteiger partial charge in [0.15, 0.2) is 23.3 Å². The number of carbonyl (C=O) groups is 2. The van der Waals surface area contributed by atoms with E-state index in [9.17, 15) is 27.2 Å². The number of rotatable bonds is 19. The summed E-state index contributed by atoms with van der Waals surface area (Å²) >= 11 is 0. The number of nitrogen functional groups attached to an aromatic ring is 1. The largest absolute Gasteiger partial charge is 0.397 e. The van der Waals surface area contributed by atoms with Gasteiger partial charge in [-0.1, -0.05) is 131 Å². The Morgan fingerprint density at radius 3 is 0.979 bits per heavy atom. The van der Waals surface area contributed by atoms with Crippen LogP contribution in [0.25, 0.3) is 223 Å². The third-order valence-electron chi connectivity index (χ3n) is 24.6. The van der Waals surface area contributed by atoms with Crippen molar-refractivity contribution in [2.24, 2.45) is 5.41 Å². The zero-order valence-corrected chi connectivity index (χ0v) is 78.3. The van der Waals surface area contributed by atoms with Crippen LogP contribution < -0.4 is 21.7 Å². The number of nitrogens with zero attached hydrogens (tertiary/aromatic N) is 16. The maximum absolute atomic E-state index is 13.9. The standard InChI is InChI=1S/C32H22FN7O.C29H24FN7O.C27H22FN7.C24H16FN7/c33-23-8-4-7-21(12-23)26-17-35-18-28-30(26)38-32(37-28)31-25-14-20(9-10-27(25)39-40-31)22-13-24(16-34-15-22)36-29(41)11-19-5-2-1-3-6-19;1-29(2,3)28(38)33-20-10-18(12-31-13-20)16-7-8-23-21(11-16)26(37-36-23)27-34-24-15-32-14-22(25(24)35-27)17-5-4-6-19(30)9-17;1-2-29-11-16-8-19(13-30-12-16)17-6-7-23-21(10-17)26(35-34-23)27-32-24-15-31-14-22(25(24)33-27)18-4-3-5-20(28)9-18;25-16-3-1-2-14(6-16)19-11-28-12-21-22(19)30-24(29-21)23-18-8-13(4-5-20(18)31-32-23)15-7-17(26)10-27-9-15/h1-10,12-18H,11H2,(H,36,41)(H,37,38)(H,39,40);4-15H,1-3H3,(H,33,38)(H,34,35)(H,36,37);3-10,12-15,29H,2,11H2,1H3,(H,32,33)(H,34,35);1-12H,26H2,(H,29,30)(H,31,32). The van der Waals surface area contributed by atoms with Gasteiger partial charge in [0.1, 0.15) is 46.0 Å². The summed E-state index contributed by atoms with van der Waals surface area (Å²) in [7, 11) is 0. The Morgan fingerprint density at radius 2 is 0.637 bits per heavy atom. The van der Waals surface area contributed by atoms with E-state index in [0.29, 0.717) is 102 Å². The van der Waals surface area contributed by atoms with Crippen LogP contribution in [0.2, 0.25) is 0 Å². The van der Waals surface area contributed by atoms with E-state index in [4.69, 9.17) is 25.7 Å². The fourth-order valence-electron chi connectivity index (χ4n) is 17.4. The zero-order valence-electron chi connectivity index (χ0n) is 78.3. The molecular formula is C112H84F4N28O2. The minimum atomic E-state index is -0.517. The van der Waals surface area contributed by atoms with Crippen LogP contribution in [-0.2, 0) is 22.6 Å². The van der Waals surface area contributed by atoms with Crippen molar-refractivity contribution < 1.29 is 27.2 Å². The lowest BCUT2D eigenvalue weighted by atomic mass is 9.95. The number of pyridine rings is 8. The van der Waals surface area contributed by atoms with Crippen LogP contribution in [0, 0.1) is 28.7 Å². The SMILES string of the molecule is CC(C)(C)C(=O)Nc1cncc(-c2ccc3[nH]nc(-c4nc5c(-c6cccc(F)c6)cncc5[nH]4)c3c2)c1.CCNCc1cncc(-c2ccc3[nH]nc(-c4nc5c(-c6cccc(F)c6)cncc5[nH]4)c3c2)c1.Nc1cncc(-c2ccc3[nH]nc(-c4nc5c(-c6cccc(F)c6)cncc5[nH]4)c3c2)c1.O=C(Cc1ccccc1)Nc1cncc(-c2ccc3[nH]nc(-c4nc5c(-c6cccc(F)c6)cncc5[nH]4)c3c2)c1. The predicted molar refractivity (Wildman–Crippen MR) is 559 cm³/mol. The number of benzene rings is 9. The Morgan fingerprint density at radius 1 is 0.308 bits per heavy atom. The lowest BCUT2D eigenvalue weighted by Crippen LogP contribution is -2.27. The summed E-state index contributed by atoms with van der Waals surface area (Å²) in [5, 5.41) is 43.2. The molecule has 0 bridgehead atoms. The summed E-state index contributed by atoms with van der Waals surface area (Å²) in [6.07, 6.45) is 27.8. The second kappa shape index (κ2) is 39.2. The van der Waals surface area contributed by atoms with Gasteiger partial charge in [0.05, 0.1) is 127 Å². The van der Waals surface area contributed by atoms with Gasteiger partial charge in [0.2, 0.25) is 11.8 Å². The lowest BCUT2D eigenvalue weighted by Gasteiger charge is -2.17. The highest BCUT2D eigenvalue weighted by Crippen LogP contribution is 2.41. The molecule has 25 aromatic rings. The minimum absolute atomic E-state index is 0.0824. The molecule has 25 rings (SSSR count). The van der Waals surface area contributed by atoms with E-state index >= 15 is 0 Å². The molecular weight excluding hydrogens is 1850 g/mol. The van der Waals surface area contributed by atoms with E-state index in [0.717, 1.165) is 162 Å². The van der Waals surface area contributed by atoms with Crippen molar-refractivity contribution in [3.8, 4) is 135 Å². The van der Waals surface area contributed by atoms with Crippen molar-refractivity contribution >= 4 is 117 Å².